The van der Waals surface area contributed by atoms with Gasteiger partial charge in [-0.05, 0) is 35.9 Å². The maximum Gasteiger partial charge on any atom is 0.254 e. The Labute approximate surface area is 190 Å². The number of fused-ring (bicyclic) bond motifs is 3. The first-order chi connectivity index (χ1) is 16.0. The number of carbonyl (C=O) groups is 2. The summed E-state index contributed by atoms with van der Waals surface area (Å²) in [6.45, 7) is 4.95. The van der Waals surface area contributed by atoms with Crippen LogP contribution in [0.3, 0.4) is 0 Å². The Balaban J connectivity index is 1.44. The van der Waals surface area contributed by atoms with E-state index in [0.717, 1.165) is 28.3 Å². The Morgan fingerprint density at radius 2 is 1.91 bits per heavy atom. The summed E-state index contributed by atoms with van der Waals surface area (Å²) in [4.78, 5) is 30.7. The first kappa shape index (κ1) is 20.6. The Kier molecular flexibility index (Phi) is 5.18. The summed E-state index contributed by atoms with van der Waals surface area (Å²) in [5, 5.41) is 3.29. The second-order valence-corrected chi connectivity index (χ2v) is 7.90. The van der Waals surface area contributed by atoms with Crippen LogP contribution in [0.25, 0.3) is 16.9 Å². The second-order valence-electron chi connectivity index (χ2n) is 7.90. The van der Waals surface area contributed by atoms with Crippen molar-refractivity contribution < 1.29 is 14.3 Å². The largest absolute Gasteiger partial charge is 0.489 e. The van der Waals surface area contributed by atoms with E-state index in [-0.39, 0.29) is 5.91 Å². The molecule has 8 heteroatoms. The van der Waals surface area contributed by atoms with Gasteiger partial charge in [0, 0.05) is 18.5 Å². The van der Waals surface area contributed by atoms with Gasteiger partial charge in [0.15, 0.2) is 5.65 Å². The van der Waals surface area contributed by atoms with E-state index < -0.39 is 5.91 Å². The number of nitrogens with zero attached hydrogens (tertiary/aromatic N) is 3. The molecule has 0 radical (unpaired) electrons. The SMILES string of the molecule is C=CC(=O)N1CCc2c(nc3c(C(N)=O)c(-c4ccc(OCc5ccccc5)cc4)[nH]n23)C1. The summed E-state index contributed by atoms with van der Waals surface area (Å²) in [6.07, 6.45) is 1.91. The van der Waals surface area contributed by atoms with E-state index in [1.807, 2.05) is 54.6 Å². The van der Waals surface area contributed by atoms with Gasteiger partial charge in [0.25, 0.3) is 5.91 Å². The van der Waals surface area contributed by atoms with Crippen LogP contribution in [-0.4, -0.2) is 37.9 Å². The summed E-state index contributed by atoms with van der Waals surface area (Å²) in [6, 6.07) is 17.4. The zero-order valence-corrected chi connectivity index (χ0v) is 18.0. The Morgan fingerprint density at radius 3 is 2.61 bits per heavy atom. The molecule has 33 heavy (non-hydrogen) atoms. The predicted molar refractivity (Wildman–Crippen MR) is 124 cm³/mol. The molecule has 0 saturated carbocycles. The van der Waals surface area contributed by atoms with Crippen molar-refractivity contribution in [1.82, 2.24) is 19.5 Å². The molecule has 8 nitrogen and oxygen atoms in total. The average molecular weight is 441 g/mol. The van der Waals surface area contributed by atoms with Gasteiger partial charge in [0.05, 0.1) is 23.6 Å². The van der Waals surface area contributed by atoms with Crippen molar-refractivity contribution in [2.24, 2.45) is 5.73 Å². The molecule has 2 amide bonds. The van der Waals surface area contributed by atoms with E-state index in [2.05, 4.69) is 16.7 Å². The highest BCUT2D eigenvalue weighted by molar-refractivity contribution is 6.04. The predicted octanol–water partition coefficient (Wildman–Crippen LogP) is 3.08. The molecule has 5 rings (SSSR count). The lowest BCUT2D eigenvalue weighted by Gasteiger charge is -2.25. The number of nitrogens with two attached hydrogens (primary N) is 1. The maximum absolute atomic E-state index is 12.4. The molecule has 0 fully saturated rings. The quantitative estimate of drug-likeness (QED) is 0.449. The number of imidazole rings is 1. The number of aromatic amines is 1. The number of benzene rings is 2. The summed E-state index contributed by atoms with van der Waals surface area (Å²) >= 11 is 0. The molecule has 3 N–H and O–H groups in total. The third kappa shape index (κ3) is 3.76. The maximum atomic E-state index is 12.4. The van der Waals surface area contributed by atoms with E-state index in [1.54, 1.807) is 9.42 Å². The standard InChI is InChI=1S/C25H23N5O3/c1-2-21(31)29-13-12-20-19(14-29)27-25-22(24(26)32)23(28-30(20)25)17-8-10-18(11-9-17)33-15-16-6-4-3-5-7-16/h2-11,28H,1,12-15H2,(H2,26,32). The highest BCUT2D eigenvalue weighted by atomic mass is 16.5. The Morgan fingerprint density at radius 1 is 1.15 bits per heavy atom. The molecular weight excluding hydrogens is 418 g/mol. The van der Waals surface area contributed by atoms with Crippen LogP contribution in [0.15, 0.2) is 67.3 Å². The number of amides is 2. The third-order valence-corrected chi connectivity index (χ3v) is 5.84. The Hall–Kier alpha value is -4.33. The van der Waals surface area contributed by atoms with Crippen molar-refractivity contribution in [2.45, 2.75) is 19.6 Å². The van der Waals surface area contributed by atoms with Crippen molar-refractivity contribution in [3.8, 4) is 17.0 Å². The zero-order chi connectivity index (χ0) is 22.9. The monoisotopic (exact) mass is 441 g/mol. The van der Waals surface area contributed by atoms with Crippen molar-refractivity contribution in [1.29, 1.82) is 0 Å². The van der Waals surface area contributed by atoms with E-state index in [0.29, 0.717) is 43.0 Å². The van der Waals surface area contributed by atoms with Gasteiger partial charge in [0.1, 0.15) is 17.9 Å². The number of hydrogen-bond donors (Lipinski definition) is 2. The van der Waals surface area contributed by atoms with Crippen LogP contribution >= 0.6 is 0 Å². The van der Waals surface area contributed by atoms with Gasteiger partial charge >= 0.3 is 0 Å². The normalized spacial score (nSPS) is 13.0. The molecule has 2 aromatic heterocycles. The number of hydrogen-bond acceptors (Lipinski definition) is 4. The molecule has 1 aliphatic rings. The number of ether oxygens (including phenoxy) is 1. The molecule has 0 aliphatic carbocycles. The van der Waals surface area contributed by atoms with Crippen molar-refractivity contribution in [3.05, 3.63) is 89.8 Å². The molecule has 2 aromatic carbocycles. The van der Waals surface area contributed by atoms with E-state index in [1.165, 1.54) is 6.08 Å². The topological polar surface area (TPSA) is 106 Å². The lowest BCUT2D eigenvalue weighted by atomic mass is 10.1. The van der Waals surface area contributed by atoms with Crippen LogP contribution < -0.4 is 10.5 Å². The first-order valence-electron chi connectivity index (χ1n) is 10.7. The van der Waals surface area contributed by atoms with Gasteiger partial charge < -0.3 is 15.4 Å². The summed E-state index contributed by atoms with van der Waals surface area (Å²) in [7, 11) is 0. The van der Waals surface area contributed by atoms with E-state index in [9.17, 15) is 9.59 Å². The molecule has 166 valence electrons. The molecule has 0 unspecified atom stereocenters. The smallest absolute Gasteiger partial charge is 0.254 e. The van der Waals surface area contributed by atoms with Gasteiger partial charge in [-0.3, -0.25) is 14.7 Å². The van der Waals surface area contributed by atoms with Crippen molar-refractivity contribution in [3.63, 3.8) is 0 Å². The fraction of sp³-hybridized carbons (Fsp3) is 0.160. The van der Waals surface area contributed by atoms with Crippen LogP contribution in [0.1, 0.15) is 27.3 Å². The fourth-order valence-electron chi connectivity index (χ4n) is 4.17. The first-order valence-corrected chi connectivity index (χ1v) is 10.7. The number of rotatable bonds is 6. The molecular formula is C25H23N5O3. The highest BCUT2D eigenvalue weighted by Gasteiger charge is 2.28. The van der Waals surface area contributed by atoms with Crippen molar-refractivity contribution >= 4 is 17.5 Å². The van der Waals surface area contributed by atoms with Crippen LogP contribution in [-0.2, 0) is 24.4 Å². The zero-order valence-electron chi connectivity index (χ0n) is 18.0. The van der Waals surface area contributed by atoms with E-state index >= 15 is 0 Å². The lowest BCUT2D eigenvalue weighted by molar-refractivity contribution is -0.126. The van der Waals surface area contributed by atoms with Gasteiger partial charge in [-0.25, -0.2) is 9.50 Å². The average Bonchev–Trinajstić information content (AvgIpc) is 3.38. The third-order valence-electron chi connectivity index (χ3n) is 5.84. The van der Waals surface area contributed by atoms with E-state index in [4.69, 9.17) is 10.5 Å². The Bertz CT molecular complexity index is 1350. The molecule has 4 aromatic rings. The van der Waals surface area contributed by atoms with Gasteiger partial charge in [-0.15, -0.1) is 0 Å². The van der Waals surface area contributed by atoms with Crippen LogP contribution in [0.4, 0.5) is 0 Å². The number of primary amides is 1. The minimum absolute atomic E-state index is 0.136. The minimum Gasteiger partial charge on any atom is -0.489 e. The van der Waals surface area contributed by atoms with Crippen molar-refractivity contribution in [2.75, 3.05) is 6.54 Å². The number of carbonyl (C=O) groups excluding carboxylic acids is 2. The molecule has 0 spiro atoms. The molecule has 3 heterocycles. The molecule has 0 saturated heterocycles. The highest BCUT2D eigenvalue weighted by Crippen LogP contribution is 2.30. The number of H-pyrrole nitrogens is 1. The lowest BCUT2D eigenvalue weighted by Crippen LogP contribution is -2.35. The van der Waals surface area contributed by atoms with Crippen LogP contribution in [0.5, 0.6) is 5.75 Å². The summed E-state index contributed by atoms with van der Waals surface area (Å²) in [5.74, 6) is 0.0219. The molecule has 0 atom stereocenters. The van der Waals surface area contributed by atoms with Crippen LogP contribution in [0, 0.1) is 0 Å². The summed E-state index contributed by atoms with van der Waals surface area (Å²) in [5.41, 5.74) is 10.7. The number of nitrogens with one attached hydrogen (secondary N) is 1. The minimum atomic E-state index is -0.568. The fourth-order valence-corrected chi connectivity index (χ4v) is 4.17. The molecule has 1 aliphatic heterocycles. The second kappa shape index (κ2) is 8.31. The summed E-state index contributed by atoms with van der Waals surface area (Å²) < 4.78 is 7.66. The van der Waals surface area contributed by atoms with Gasteiger partial charge in [0.2, 0.25) is 5.91 Å². The van der Waals surface area contributed by atoms with Gasteiger partial charge in [-0.2, -0.15) is 0 Å². The van der Waals surface area contributed by atoms with Gasteiger partial charge in [-0.1, -0.05) is 36.9 Å². The molecule has 0 bridgehead atoms. The van der Waals surface area contributed by atoms with Crippen LogP contribution in [0.2, 0.25) is 0 Å². The number of aromatic nitrogens is 3.